The molecule has 0 aromatic carbocycles. The van der Waals surface area contributed by atoms with E-state index in [-0.39, 0.29) is 0 Å². The molecule has 0 aromatic rings. The Kier molecular flexibility index (Phi) is 1.94. The lowest BCUT2D eigenvalue weighted by Gasteiger charge is -1.89. The van der Waals surface area contributed by atoms with Crippen molar-refractivity contribution in [3.8, 4) is 0 Å². The van der Waals surface area contributed by atoms with Crippen LogP contribution in [0.4, 0.5) is 4.79 Å². The first kappa shape index (κ1) is 7.38. The van der Waals surface area contributed by atoms with Crippen LogP contribution in [-0.2, 0) is 14.9 Å². The molecule has 5 nitrogen and oxygen atoms in total. The second kappa shape index (κ2) is 2.10. The summed E-state index contributed by atoms with van der Waals surface area (Å²) in [5.41, 5.74) is 0. The van der Waals surface area contributed by atoms with Gasteiger partial charge in [-0.15, -0.1) is 0 Å². The van der Waals surface area contributed by atoms with Crippen molar-refractivity contribution in [3.05, 3.63) is 0 Å². The maximum Gasteiger partial charge on any atom is 0.451 e. The summed E-state index contributed by atoms with van der Waals surface area (Å²) in [6.07, 6.45) is 0. The van der Waals surface area contributed by atoms with Crippen molar-refractivity contribution < 1.29 is 22.5 Å². The Morgan fingerprint density at radius 1 is 1.62 bits per heavy atom. The highest BCUT2D eigenvalue weighted by Crippen LogP contribution is 1.86. The largest absolute Gasteiger partial charge is 0.456 e. The molecule has 0 saturated heterocycles. The number of carbonyl (C=O) groups is 1. The van der Waals surface area contributed by atoms with Crippen molar-refractivity contribution >= 4 is 15.4 Å². The van der Waals surface area contributed by atoms with Crippen LogP contribution in [-0.4, -0.2) is 25.4 Å². The van der Waals surface area contributed by atoms with Gasteiger partial charge in [0, 0.05) is 0 Å². The van der Waals surface area contributed by atoms with E-state index < -0.39 is 15.4 Å². The van der Waals surface area contributed by atoms with Gasteiger partial charge in [-0.25, -0.2) is 4.79 Å². The molecule has 0 aliphatic heterocycles. The molecule has 0 radical (unpaired) electrons. The number of ether oxygens (including phenoxy) is 1. The molecule has 0 spiro atoms. The van der Waals surface area contributed by atoms with E-state index in [1.165, 1.54) is 0 Å². The minimum absolute atomic E-state index is 0.857. The summed E-state index contributed by atoms with van der Waals surface area (Å²) < 4.78 is 30.7. The van der Waals surface area contributed by atoms with Gasteiger partial charge in [0.2, 0.25) is 0 Å². The van der Waals surface area contributed by atoms with E-state index in [1.54, 1.807) is 0 Å². The highest BCUT2D eigenvalue weighted by atomic mass is 32.2. The Morgan fingerprint density at radius 2 is 2.00 bits per heavy atom. The SMILES string of the molecule is COC(=O)S(=O)(=O)O. The lowest BCUT2D eigenvalue weighted by molar-refractivity contribution is 0.194. The number of hydrogen-bond donors (Lipinski definition) is 1. The zero-order chi connectivity index (χ0) is 6.78. The summed E-state index contributed by atoms with van der Waals surface area (Å²) in [5.74, 6) is 0. The van der Waals surface area contributed by atoms with Crippen molar-refractivity contribution in [3.63, 3.8) is 0 Å². The summed E-state index contributed by atoms with van der Waals surface area (Å²) in [6.45, 7) is 0. The van der Waals surface area contributed by atoms with Gasteiger partial charge in [-0.05, 0) is 0 Å². The van der Waals surface area contributed by atoms with Gasteiger partial charge in [-0.1, -0.05) is 0 Å². The van der Waals surface area contributed by atoms with E-state index in [0.29, 0.717) is 0 Å². The molecule has 0 fully saturated rings. The number of carbonyl (C=O) groups excluding carboxylic acids is 1. The van der Waals surface area contributed by atoms with Crippen LogP contribution in [0.15, 0.2) is 0 Å². The van der Waals surface area contributed by atoms with Gasteiger partial charge in [0.15, 0.2) is 0 Å². The predicted octanol–water partition coefficient (Wildman–Crippen LogP) is -0.359. The summed E-state index contributed by atoms with van der Waals surface area (Å²) >= 11 is 0. The smallest absolute Gasteiger partial charge is 0.451 e. The Balaban J connectivity index is 4.29. The molecule has 0 atom stereocenters. The number of hydrogen-bond acceptors (Lipinski definition) is 4. The first-order valence-corrected chi connectivity index (χ1v) is 2.98. The zero-order valence-electron chi connectivity index (χ0n) is 3.99. The molecule has 0 aromatic heterocycles. The molecule has 0 unspecified atom stereocenters. The quantitative estimate of drug-likeness (QED) is 0.367. The van der Waals surface area contributed by atoms with Crippen molar-refractivity contribution in [2.75, 3.05) is 7.11 Å². The molecule has 0 rings (SSSR count). The average Bonchev–Trinajstić information content (AvgIpc) is 1.62. The molecule has 0 bridgehead atoms. The molecule has 8 heavy (non-hydrogen) atoms. The van der Waals surface area contributed by atoms with Crippen molar-refractivity contribution in [1.82, 2.24) is 0 Å². The van der Waals surface area contributed by atoms with Gasteiger partial charge in [-0.2, -0.15) is 8.42 Å². The Bertz CT molecular complexity index is 177. The van der Waals surface area contributed by atoms with E-state index >= 15 is 0 Å². The van der Waals surface area contributed by atoms with E-state index in [4.69, 9.17) is 4.55 Å². The third-order valence-electron chi connectivity index (χ3n) is 0.377. The topological polar surface area (TPSA) is 80.7 Å². The molecule has 0 saturated carbocycles. The molecule has 6 heteroatoms. The second-order valence-corrected chi connectivity index (χ2v) is 2.21. The summed E-state index contributed by atoms with van der Waals surface area (Å²) in [4.78, 5) is 9.77. The molecule has 0 aliphatic rings. The van der Waals surface area contributed by atoms with Crippen LogP contribution in [0.25, 0.3) is 0 Å². The van der Waals surface area contributed by atoms with E-state index in [0.717, 1.165) is 7.11 Å². The Labute approximate surface area is 46.0 Å². The van der Waals surface area contributed by atoms with Gasteiger partial charge in [-0.3, -0.25) is 4.55 Å². The van der Waals surface area contributed by atoms with Crippen molar-refractivity contribution in [2.24, 2.45) is 0 Å². The third kappa shape index (κ3) is 1.90. The third-order valence-corrected chi connectivity index (χ3v) is 0.965. The van der Waals surface area contributed by atoms with Crippen molar-refractivity contribution in [1.29, 1.82) is 0 Å². The van der Waals surface area contributed by atoms with Crippen LogP contribution >= 0.6 is 0 Å². The Hall–Kier alpha value is -0.620. The zero-order valence-corrected chi connectivity index (χ0v) is 4.80. The molecular formula is C2H4O5S. The highest BCUT2D eigenvalue weighted by molar-refractivity contribution is 8.00. The van der Waals surface area contributed by atoms with Crippen LogP contribution < -0.4 is 0 Å². The highest BCUT2D eigenvalue weighted by Gasteiger charge is 2.17. The number of rotatable bonds is 0. The minimum Gasteiger partial charge on any atom is -0.456 e. The van der Waals surface area contributed by atoms with Gasteiger partial charge < -0.3 is 4.74 Å². The minimum atomic E-state index is -4.61. The van der Waals surface area contributed by atoms with E-state index in [1.807, 2.05) is 0 Å². The standard InChI is InChI=1S/C2H4O5S/c1-7-2(3)8(4,5)6/h1H3,(H,4,5,6). The van der Waals surface area contributed by atoms with Gasteiger partial charge in [0.1, 0.15) is 0 Å². The van der Waals surface area contributed by atoms with Crippen LogP contribution in [0.3, 0.4) is 0 Å². The first-order valence-electron chi connectivity index (χ1n) is 1.54. The van der Waals surface area contributed by atoms with Crippen molar-refractivity contribution in [2.45, 2.75) is 0 Å². The van der Waals surface area contributed by atoms with E-state index in [2.05, 4.69) is 4.74 Å². The molecule has 0 aliphatic carbocycles. The molecule has 1 N–H and O–H groups in total. The summed E-state index contributed by atoms with van der Waals surface area (Å²) in [5, 5.41) is -1.64. The van der Waals surface area contributed by atoms with Crippen LogP contribution in [0.2, 0.25) is 0 Å². The molecular weight excluding hydrogens is 136 g/mol. The van der Waals surface area contributed by atoms with E-state index in [9.17, 15) is 13.2 Å². The van der Waals surface area contributed by atoms with Crippen LogP contribution in [0.1, 0.15) is 0 Å². The van der Waals surface area contributed by atoms with Crippen LogP contribution in [0.5, 0.6) is 0 Å². The first-order chi connectivity index (χ1) is 3.48. The fraction of sp³-hybridized carbons (Fsp3) is 0.500. The fourth-order valence-electron chi connectivity index (χ4n) is 0.105. The monoisotopic (exact) mass is 140 g/mol. The molecule has 0 heterocycles. The second-order valence-electron chi connectivity index (χ2n) is 0.929. The maximum absolute atomic E-state index is 9.77. The molecule has 0 amide bonds. The van der Waals surface area contributed by atoms with Gasteiger partial charge in [0.05, 0.1) is 7.11 Å². The normalized spacial score (nSPS) is 10.8. The summed E-state index contributed by atoms with van der Waals surface area (Å²) in [6, 6.07) is 0. The average molecular weight is 140 g/mol. The lowest BCUT2D eigenvalue weighted by atomic mass is 11.5. The molecule has 48 valence electrons. The summed E-state index contributed by atoms with van der Waals surface area (Å²) in [7, 11) is -3.76. The van der Waals surface area contributed by atoms with Gasteiger partial charge >= 0.3 is 15.4 Å². The number of methoxy groups -OCH3 is 1. The van der Waals surface area contributed by atoms with Crippen LogP contribution in [0, 0.1) is 0 Å². The fourth-order valence-corrected chi connectivity index (χ4v) is 0.316. The predicted molar refractivity (Wildman–Crippen MR) is 24.0 cm³/mol. The van der Waals surface area contributed by atoms with Gasteiger partial charge in [0.25, 0.3) is 0 Å². The Morgan fingerprint density at radius 3 is 2.00 bits per heavy atom. The maximum atomic E-state index is 9.77. The lowest BCUT2D eigenvalue weighted by Crippen LogP contribution is -2.12.